The van der Waals surface area contributed by atoms with E-state index in [-0.39, 0.29) is 23.9 Å². The number of amides is 1. The van der Waals surface area contributed by atoms with Crippen molar-refractivity contribution in [3.8, 4) is 0 Å². The number of rotatable bonds is 8. The number of hydrogen-bond donors (Lipinski definition) is 1. The van der Waals surface area contributed by atoms with E-state index in [9.17, 15) is 9.18 Å². The molecule has 3 aliphatic rings. The van der Waals surface area contributed by atoms with Gasteiger partial charge in [-0.1, -0.05) is 12.1 Å². The highest BCUT2D eigenvalue weighted by atomic mass is 32.2. The average molecular weight is 407 g/mol. The lowest BCUT2D eigenvalue weighted by Crippen LogP contribution is -2.51. The third-order valence-electron chi connectivity index (χ3n) is 6.35. The summed E-state index contributed by atoms with van der Waals surface area (Å²) in [5.41, 5.74) is 1.03. The normalized spacial score (nSPS) is 30.2. The lowest BCUT2D eigenvalue weighted by molar-refractivity contribution is -0.121. The van der Waals surface area contributed by atoms with Crippen LogP contribution in [-0.2, 0) is 16.1 Å². The summed E-state index contributed by atoms with van der Waals surface area (Å²) in [6.45, 7) is 3.69. The van der Waals surface area contributed by atoms with Crippen LogP contribution < -0.4 is 5.32 Å². The fourth-order valence-electron chi connectivity index (χ4n) is 4.79. The molecule has 1 aromatic carbocycles. The van der Waals surface area contributed by atoms with Crippen LogP contribution >= 0.6 is 11.8 Å². The maximum Gasteiger partial charge on any atom is 0.230 e. The molecule has 28 heavy (non-hydrogen) atoms. The van der Waals surface area contributed by atoms with Crippen LogP contribution in [0.5, 0.6) is 0 Å². The van der Waals surface area contributed by atoms with Gasteiger partial charge in [0.15, 0.2) is 0 Å². The number of carbonyl (C=O) groups excluding carboxylic acids is 1. The number of benzene rings is 1. The zero-order valence-corrected chi connectivity index (χ0v) is 17.4. The van der Waals surface area contributed by atoms with E-state index < -0.39 is 0 Å². The Kier molecular flexibility index (Phi) is 6.59. The van der Waals surface area contributed by atoms with Gasteiger partial charge in [-0.05, 0) is 67.4 Å². The van der Waals surface area contributed by atoms with Crippen LogP contribution in [0.1, 0.15) is 31.2 Å². The van der Waals surface area contributed by atoms with Crippen molar-refractivity contribution in [2.24, 2.45) is 17.8 Å². The number of nitrogens with one attached hydrogen (secondary N) is 1. The summed E-state index contributed by atoms with van der Waals surface area (Å²) in [7, 11) is 0. The number of carbonyl (C=O) groups is 1. The Morgan fingerprint density at radius 2 is 2.07 bits per heavy atom. The summed E-state index contributed by atoms with van der Waals surface area (Å²) in [5, 5.41) is 3.25. The molecule has 1 aromatic rings. The molecule has 154 valence electrons. The van der Waals surface area contributed by atoms with Crippen LogP contribution in [0.4, 0.5) is 4.39 Å². The van der Waals surface area contributed by atoms with E-state index in [4.69, 9.17) is 4.74 Å². The maximum absolute atomic E-state index is 13.5. The van der Waals surface area contributed by atoms with Crippen LogP contribution in [0.2, 0.25) is 0 Å². The van der Waals surface area contributed by atoms with Crippen LogP contribution in [-0.4, -0.2) is 54.7 Å². The van der Waals surface area contributed by atoms with Crippen molar-refractivity contribution in [3.63, 3.8) is 0 Å². The summed E-state index contributed by atoms with van der Waals surface area (Å²) < 4.78 is 19.8. The molecule has 6 heteroatoms. The fraction of sp³-hybridized carbons (Fsp3) is 0.682. The summed E-state index contributed by atoms with van der Waals surface area (Å²) >= 11 is 1.56. The van der Waals surface area contributed by atoms with E-state index in [2.05, 4.69) is 10.2 Å². The highest BCUT2D eigenvalue weighted by Crippen LogP contribution is 2.39. The van der Waals surface area contributed by atoms with Gasteiger partial charge >= 0.3 is 0 Å². The van der Waals surface area contributed by atoms with Gasteiger partial charge in [0.2, 0.25) is 5.91 Å². The number of halogens is 1. The second kappa shape index (κ2) is 9.14. The van der Waals surface area contributed by atoms with Crippen molar-refractivity contribution in [3.05, 3.63) is 35.6 Å². The minimum Gasteiger partial charge on any atom is -0.376 e. The molecule has 0 bridgehead atoms. The minimum absolute atomic E-state index is 0.116. The maximum atomic E-state index is 13.5. The molecule has 0 spiro atoms. The van der Waals surface area contributed by atoms with Gasteiger partial charge in [0.05, 0.1) is 17.9 Å². The van der Waals surface area contributed by atoms with Crippen molar-refractivity contribution >= 4 is 17.7 Å². The first-order valence-corrected chi connectivity index (χ1v) is 11.9. The molecule has 1 amide bonds. The standard InChI is InChI=1S/C22H31FN2O2S/c1-28-14-22(26)24-20-8-17-11-25(10-16-3-2-4-19(23)7-16)12-18(17)9-21(20)27-13-15-5-6-15/h2-4,7,15,17-18,20-21H,5-6,8-14H2,1H3,(H,24,26)/t17-,18+,20-,21-/m0/s1. The Hall–Kier alpha value is -1.11. The molecule has 3 fully saturated rings. The van der Waals surface area contributed by atoms with Gasteiger partial charge in [0.25, 0.3) is 0 Å². The Morgan fingerprint density at radius 1 is 1.29 bits per heavy atom. The molecule has 1 N–H and O–H groups in total. The lowest BCUT2D eigenvalue weighted by Gasteiger charge is -2.38. The molecular formula is C22H31FN2O2S. The third kappa shape index (κ3) is 5.28. The van der Waals surface area contributed by atoms with E-state index >= 15 is 0 Å². The van der Waals surface area contributed by atoms with Crippen molar-refractivity contribution in [2.45, 2.75) is 44.4 Å². The quantitative estimate of drug-likeness (QED) is 0.719. The molecule has 4 nitrogen and oxygen atoms in total. The number of fused-ring (bicyclic) bond motifs is 1. The molecule has 1 saturated heterocycles. The largest absolute Gasteiger partial charge is 0.376 e. The van der Waals surface area contributed by atoms with E-state index in [1.54, 1.807) is 23.9 Å². The first-order chi connectivity index (χ1) is 13.6. The Labute approximate surface area is 171 Å². The van der Waals surface area contributed by atoms with Gasteiger partial charge in [-0.15, -0.1) is 0 Å². The van der Waals surface area contributed by atoms with Crippen molar-refractivity contribution in [1.29, 1.82) is 0 Å². The molecule has 0 unspecified atom stereocenters. The summed E-state index contributed by atoms with van der Waals surface area (Å²) in [4.78, 5) is 14.6. The van der Waals surface area contributed by atoms with Crippen molar-refractivity contribution in [1.82, 2.24) is 10.2 Å². The van der Waals surface area contributed by atoms with Crippen LogP contribution in [0.15, 0.2) is 24.3 Å². The Balaban J connectivity index is 1.37. The number of hydrogen-bond acceptors (Lipinski definition) is 4. The molecule has 0 aromatic heterocycles. The summed E-state index contributed by atoms with van der Waals surface area (Å²) in [6.07, 6.45) is 6.65. The highest BCUT2D eigenvalue weighted by Gasteiger charge is 2.43. The molecule has 1 heterocycles. The summed E-state index contributed by atoms with van der Waals surface area (Å²) in [6, 6.07) is 7.03. The molecule has 1 aliphatic heterocycles. The van der Waals surface area contributed by atoms with Gasteiger partial charge in [0.1, 0.15) is 5.82 Å². The molecule has 4 rings (SSSR count). The predicted molar refractivity (Wildman–Crippen MR) is 111 cm³/mol. The van der Waals surface area contributed by atoms with Crippen LogP contribution in [0.25, 0.3) is 0 Å². The second-order valence-corrected chi connectivity index (χ2v) is 9.60. The van der Waals surface area contributed by atoms with Gasteiger partial charge in [-0.2, -0.15) is 11.8 Å². The molecular weight excluding hydrogens is 375 g/mol. The second-order valence-electron chi connectivity index (χ2n) is 8.74. The van der Waals surface area contributed by atoms with Crippen LogP contribution in [0, 0.1) is 23.6 Å². The van der Waals surface area contributed by atoms with Crippen LogP contribution in [0.3, 0.4) is 0 Å². The van der Waals surface area contributed by atoms with E-state index in [0.29, 0.717) is 17.6 Å². The van der Waals surface area contributed by atoms with Gasteiger partial charge < -0.3 is 10.1 Å². The summed E-state index contributed by atoms with van der Waals surface area (Å²) in [5.74, 6) is 2.37. The number of thioether (sulfide) groups is 1. The molecule has 2 saturated carbocycles. The Bertz CT molecular complexity index is 684. The van der Waals surface area contributed by atoms with Crippen molar-refractivity contribution < 1.29 is 13.9 Å². The number of nitrogens with zero attached hydrogens (tertiary/aromatic N) is 1. The highest BCUT2D eigenvalue weighted by molar-refractivity contribution is 7.99. The van der Waals surface area contributed by atoms with E-state index in [1.807, 2.05) is 12.3 Å². The molecule has 4 atom stereocenters. The molecule has 0 radical (unpaired) electrons. The van der Waals surface area contributed by atoms with Gasteiger partial charge in [-0.25, -0.2) is 4.39 Å². The van der Waals surface area contributed by atoms with E-state index in [1.165, 1.54) is 18.9 Å². The molecule has 2 aliphatic carbocycles. The van der Waals surface area contributed by atoms with Crippen molar-refractivity contribution in [2.75, 3.05) is 31.7 Å². The monoisotopic (exact) mass is 406 g/mol. The minimum atomic E-state index is -0.167. The lowest BCUT2D eigenvalue weighted by atomic mass is 9.77. The SMILES string of the molecule is CSCC(=O)N[C@H]1C[C@H]2CN(Cc3cccc(F)c3)C[C@H]2C[C@@H]1OCC1CC1. The third-order valence-corrected chi connectivity index (χ3v) is 6.90. The van der Waals surface area contributed by atoms with Gasteiger partial charge in [-0.3, -0.25) is 9.69 Å². The fourth-order valence-corrected chi connectivity index (χ4v) is 5.14. The first-order valence-electron chi connectivity index (χ1n) is 10.5. The smallest absolute Gasteiger partial charge is 0.230 e. The van der Waals surface area contributed by atoms with Gasteiger partial charge in [0, 0.05) is 26.2 Å². The van der Waals surface area contributed by atoms with E-state index in [0.717, 1.165) is 50.6 Å². The zero-order valence-electron chi connectivity index (χ0n) is 16.6. The first kappa shape index (κ1) is 20.2. The predicted octanol–water partition coefficient (Wildman–Crippen LogP) is 3.31. The average Bonchev–Trinajstić information content (AvgIpc) is 3.40. The zero-order chi connectivity index (χ0) is 19.5. The number of ether oxygens (including phenoxy) is 1. The number of likely N-dealkylation sites (tertiary alicyclic amines) is 1. The topological polar surface area (TPSA) is 41.6 Å². The Morgan fingerprint density at radius 3 is 2.79 bits per heavy atom.